The quantitative estimate of drug-likeness (QED) is 0.470. The maximum Gasteiger partial charge on any atom is 0.156 e. The predicted molar refractivity (Wildman–Crippen MR) is 82.4 cm³/mol. The molecule has 1 radical (unpaired) electrons. The van der Waals surface area contributed by atoms with E-state index in [0.29, 0.717) is 0 Å². The summed E-state index contributed by atoms with van der Waals surface area (Å²) in [5.74, 6) is 0. The zero-order valence-electron chi connectivity index (χ0n) is 12.6. The normalized spacial score (nSPS) is 10.6. The summed E-state index contributed by atoms with van der Waals surface area (Å²) in [5.41, 5.74) is 0. The van der Waals surface area contributed by atoms with Crippen LogP contribution < -0.4 is 5.14 Å². The zero-order chi connectivity index (χ0) is 14.4. The molecule has 0 fully saturated rings. The van der Waals surface area contributed by atoms with Crippen LogP contribution in [0.5, 0.6) is 0 Å². The van der Waals surface area contributed by atoms with Crippen molar-refractivity contribution in [2.45, 2.75) is 72.6 Å². The van der Waals surface area contributed by atoms with Crippen molar-refractivity contribution in [3.63, 3.8) is 0 Å². The van der Waals surface area contributed by atoms with E-state index in [2.05, 4.69) is 25.9 Å². The first kappa shape index (κ1) is 24.6. The predicted octanol–water partition coefficient (Wildman–Crippen LogP) is 2.46. The van der Waals surface area contributed by atoms with Gasteiger partial charge < -0.3 is 10.0 Å². The molecule has 7 heteroatoms. The van der Waals surface area contributed by atoms with E-state index in [9.17, 15) is 0 Å². The van der Waals surface area contributed by atoms with Crippen molar-refractivity contribution >= 4 is 30.1 Å². The topological polar surface area (TPSA) is 115 Å². The Bertz CT molecular complexity index is 233. The summed E-state index contributed by atoms with van der Waals surface area (Å²) in [5, 5.41) is 3.77. The molecule has 0 rings (SSSR count). The third kappa shape index (κ3) is 32.3. The molecule has 5 nitrogen and oxygen atoms in total. The molecule has 0 amide bonds. The first-order valence-corrected chi connectivity index (χ1v) is 14.4. The monoisotopic (exact) mass is 405 g/mol. The molecule has 0 saturated carbocycles. The van der Waals surface area contributed by atoms with Crippen LogP contribution in [0, 0.1) is 0 Å². The van der Waals surface area contributed by atoms with E-state index >= 15 is 0 Å². The first-order valence-electron chi connectivity index (χ1n) is 6.92. The van der Waals surface area contributed by atoms with Crippen LogP contribution in [-0.4, -0.2) is 38.2 Å². The van der Waals surface area contributed by atoms with E-state index in [4.69, 9.17) is 13.0 Å². The van der Waals surface area contributed by atoms with Crippen LogP contribution in [0.1, 0.15) is 59.3 Å². The fraction of sp³-hybridized carbons (Fsp3) is 1.00. The van der Waals surface area contributed by atoms with Crippen molar-refractivity contribution in [3.8, 4) is 0 Å². The van der Waals surface area contributed by atoms with Gasteiger partial charge in [-0.1, -0.05) is 0 Å². The van der Waals surface area contributed by atoms with E-state index < -0.39 is 30.1 Å². The van der Waals surface area contributed by atoms with Gasteiger partial charge in [0, 0.05) is 0 Å². The van der Waals surface area contributed by atoms with E-state index in [-0.39, 0.29) is 5.48 Å². The number of rotatable bonds is 9. The minimum absolute atomic E-state index is 0. The largest absolute Gasteiger partial charge is 0.736 e. The molecule has 19 heavy (non-hydrogen) atoms. The molecule has 0 aliphatic carbocycles. The Kier molecular flexibility index (Phi) is 21.6. The van der Waals surface area contributed by atoms with E-state index in [1.807, 2.05) is 0 Å². The van der Waals surface area contributed by atoms with Gasteiger partial charge in [0.25, 0.3) is 0 Å². The van der Waals surface area contributed by atoms with E-state index in [0.717, 1.165) is 0 Å². The third-order valence-electron chi connectivity index (χ3n) is 2.65. The molecule has 0 atom stereocenters. The van der Waals surface area contributed by atoms with Gasteiger partial charge in [-0.05, 0) is 0 Å². The van der Waals surface area contributed by atoms with Gasteiger partial charge in [0.2, 0.25) is 0 Å². The van der Waals surface area contributed by atoms with E-state index in [1.54, 1.807) is 13.3 Å². The van der Waals surface area contributed by atoms with Gasteiger partial charge in [-0.3, -0.25) is 0 Å². The minimum atomic E-state index is -4.42. The molecule has 0 aliphatic heterocycles. The Balaban J connectivity index is -0.000000366. The Morgan fingerprint density at radius 3 is 1.26 bits per heavy atom. The Morgan fingerprint density at radius 1 is 0.895 bits per heavy atom. The standard InChI is InChI=1S/3C4H9.H3NO3S.H2O.Sn/c3*1-3-4-2;1-5(2,3)4;;/h3*1,3-4H2,2H3;(H3,1,2,3,4);1H2;/p-1. The van der Waals surface area contributed by atoms with Crippen molar-refractivity contribution in [3.05, 3.63) is 0 Å². The maximum absolute atomic E-state index is 8.85. The van der Waals surface area contributed by atoms with Gasteiger partial charge in [0.15, 0.2) is 10.3 Å². The molecular formula is C12H31NO4SSn-. The average molecular weight is 404 g/mol. The molecule has 4 N–H and O–H groups in total. The van der Waals surface area contributed by atoms with Crippen molar-refractivity contribution in [2.75, 3.05) is 0 Å². The van der Waals surface area contributed by atoms with Crippen LogP contribution in [0.2, 0.25) is 13.3 Å². The van der Waals surface area contributed by atoms with E-state index in [1.165, 1.54) is 38.5 Å². The molecule has 0 heterocycles. The van der Waals surface area contributed by atoms with Crippen LogP contribution in [-0.2, 0) is 10.3 Å². The smallest absolute Gasteiger partial charge is 0.156 e. The van der Waals surface area contributed by atoms with Crippen molar-refractivity contribution in [1.29, 1.82) is 0 Å². The summed E-state index contributed by atoms with van der Waals surface area (Å²) in [7, 11) is -4.42. The van der Waals surface area contributed by atoms with Crippen LogP contribution in [0.25, 0.3) is 0 Å². The summed E-state index contributed by atoms with van der Waals surface area (Å²) < 4.78 is 31.6. The molecule has 0 spiro atoms. The summed E-state index contributed by atoms with van der Waals surface area (Å²) in [6.07, 6.45) is 8.85. The molecule has 0 aromatic heterocycles. The van der Waals surface area contributed by atoms with Crippen molar-refractivity contribution in [2.24, 2.45) is 5.14 Å². The Hall–Kier alpha value is 0.629. The number of hydrogen-bond donors (Lipinski definition) is 1. The van der Waals surface area contributed by atoms with Gasteiger partial charge in [0.1, 0.15) is 0 Å². The second kappa shape index (κ2) is 16.7. The molecule has 0 saturated heterocycles. The summed E-state index contributed by atoms with van der Waals surface area (Å²) in [4.78, 5) is 0. The SMILES string of the molecule is CCC[CH2][Sn]([CH2]CCC)[CH2]CCC.NS(=O)(=O)[O-].O. The number of hydrogen-bond acceptors (Lipinski definition) is 3. The zero-order valence-corrected chi connectivity index (χ0v) is 16.2. The van der Waals surface area contributed by atoms with Gasteiger partial charge >= 0.3 is 92.4 Å². The second-order valence-electron chi connectivity index (χ2n) is 4.55. The van der Waals surface area contributed by atoms with Crippen LogP contribution in [0.4, 0.5) is 0 Å². The summed E-state index contributed by atoms with van der Waals surface area (Å²) >= 11 is -0.839. The van der Waals surface area contributed by atoms with Crippen molar-refractivity contribution in [1.82, 2.24) is 0 Å². The fourth-order valence-electron chi connectivity index (χ4n) is 1.66. The molecule has 0 aromatic rings. The van der Waals surface area contributed by atoms with Crippen LogP contribution >= 0.6 is 0 Å². The van der Waals surface area contributed by atoms with Gasteiger partial charge in [-0.15, -0.1) is 0 Å². The fourth-order valence-corrected chi connectivity index (χ4v) is 11.1. The van der Waals surface area contributed by atoms with Crippen LogP contribution in [0.15, 0.2) is 0 Å². The average Bonchev–Trinajstić information content (AvgIpc) is 2.26. The molecule has 119 valence electrons. The minimum Gasteiger partial charge on any atom is -0.736 e. The molecule has 0 bridgehead atoms. The molecule has 0 aliphatic rings. The maximum atomic E-state index is 8.85. The second-order valence-corrected chi connectivity index (χ2v) is 14.1. The number of unbranched alkanes of at least 4 members (excludes halogenated alkanes) is 3. The van der Waals surface area contributed by atoms with Crippen LogP contribution in [0.3, 0.4) is 0 Å². The molecule has 0 aromatic carbocycles. The first-order chi connectivity index (χ1) is 8.35. The summed E-state index contributed by atoms with van der Waals surface area (Å²) in [6, 6.07) is 0. The molecule has 0 unspecified atom stereocenters. The van der Waals surface area contributed by atoms with Crippen molar-refractivity contribution < 1.29 is 18.4 Å². The van der Waals surface area contributed by atoms with Gasteiger partial charge in [-0.2, -0.15) is 0 Å². The molecular weight excluding hydrogens is 373 g/mol. The van der Waals surface area contributed by atoms with Gasteiger partial charge in [0.05, 0.1) is 0 Å². The third-order valence-corrected chi connectivity index (χ3v) is 11.7. The Labute approximate surface area is 126 Å². The van der Waals surface area contributed by atoms with Gasteiger partial charge in [-0.25, -0.2) is 13.6 Å². The Morgan fingerprint density at radius 2 is 1.11 bits per heavy atom. The summed E-state index contributed by atoms with van der Waals surface area (Å²) in [6.45, 7) is 7.00. The number of nitrogens with two attached hydrogens (primary N) is 1.